The summed E-state index contributed by atoms with van der Waals surface area (Å²) in [5.74, 6) is 0. The summed E-state index contributed by atoms with van der Waals surface area (Å²) in [5, 5.41) is 25.4. The molecule has 1 amide bonds. The van der Waals surface area contributed by atoms with E-state index < -0.39 is 59.0 Å². The standard InChI is InChI=1S/C29H61NO7Si2/c1-17(2)38(18(3)4,19(5)6)34-16-23-26(37-39(20(7)8,21(9)10)22(11)12)25(31)24(27(32)35-23)30-28(33)36-29(13,14)15/h17-27,31-32H,16H2,1-15H3,(H,30,33)/t23-,24+,25-,26-,27?/m0/s1. The van der Waals surface area contributed by atoms with Crippen LogP contribution in [-0.2, 0) is 18.3 Å². The Labute approximate surface area is 241 Å². The summed E-state index contributed by atoms with van der Waals surface area (Å²) in [6, 6.07) is -1.11. The summed E-state index contributed by atoms with van der Waals surface area (Å²) >= 11 is 0. The lowest BCUT2D eigenvalue weighted by atomic mass is 9.97. The molecule has 5 atom stereocenters. The molecule has 0 aromatic heterocycles. The first-order valence-corrected chi connectivity index (χ1v) is 19.3. The molecule has 0 aromatic carbocycles. The second-order valence-electron chi connectivity index (χ2n) is 14.3. The maximum Gasteiger partial charge on any atom is 0.408 e. The van der Waals surface area contributed by atoms with Gasteiger partial charge in [-0.15, -0.1) is 0 Å². The number of aliphatic hydroxyl groups excluding tert-OH is 2. The predicted octanol–water partition coefficient (Wildman–Crippen LogP) is 6.71. The monoisotopic (exact) mass is 591 g/mol. The fourth-order valence-electron chi connectivity index (χ4n) is 7.18. The highest BCUT2D eigenvalue weighted by molar-refractivity contribution is 6.78. The van der Waals surface area contributed by atoms with Crippen LogP contribution in [0.15, 0.2) is 0 Å². The number of aliphatic hydroxyl groups is 2. The molecular weight excluding hydrogens is 530 g/mol. The first kappa shape index (κ1) is 36.5. The van der Waals surface area contributed by atoms with Gasteiger partial charge in [-0.1, -0.05) is 83.1 Å². The van der Waals surface area contributed by atoms with Crippen molar-refractivity contribution in [1.82, 2.24) is 5.32 Å². The van der Waals surface area contributed by atoms with Crippen LogP contribution in [0.25, 0.3) is 0 Å². The maximum absolute atomic E-state index is 12.6. The van der Waals surface area contributed by atoms with Gasteiger partial charge >= 0.3 is 6.09 Å². The number of amides is 1. The van der Waals surface area contributed by atoms with Crippen LogP contribution in [-0.4, -0.2) is 75.8 Å². The molecule has 232 valence electrons. The lowest BCUT2D eigenvalue weighted by Gasteiger charge is -2.51. The highest BCUT2D eigenvalue weighted by atomic mass is 28.4. The number of rotatable bonds is 12. The molecule has 1 aliphatic heterocycles. The molecule has 3 N–H and O–H groups in total. The van der Waals surface area contributed by atoms with Crippen LogP contribution >= 0.6 is 0 Å². The van der Waals surface area contributed by atoms with Gasteiger partial charge in [0.1, 0.15) is 30.0 Å². The summed E-state index contributed by atoms with van der Waals surface area (Å²) in [6.07, 6.45) is -4.87. The van der Waals surface area contributed by atoms with Gasteiger partial charge in [0.05, 0.1) is 6.61 Å². The summed E-state index contributed by atoms with van der Waals surface area (Å²) < 4.78 is 25.5. The van der Waals surface area contributed by atoms with E-state index in [0.717, 1.165) is 0 Å². The number of ether oxygens (including phenoxy) is 2. The second-order valence-corrected chi connectivity index (χ2v) is 25.1. The lowest BCUT2D eigenvalue weighted by molar-refractivity contribution is -0.249. The molecule has 0 bridgehead atoms. The number of hydrogen-bond acceptors (Lipinski definition) is 7. The molecule has 0 radical (unpaired) electrons. The molecular formula is C29H61NO7Si2. The Morgan fingerprint density at radius 1 is 0.795 bits per heavy atom. The Kier molecular flexibility index (Phi) is 13.2. The minimum atomic E-state index is -2.48. The van der Waals surface area contributed by atoms with E-state index >= 15 is 0 Å². The van der Waals surface area contributed by atoms with Crippen molar-refractivity contribution >= 4 is 22.7 Å². The average molecular weight is 592 g/mol. The van der Waals surface area contributed by atoms with E-state index in [0.29, 0.717) is 16.6 Å². The molecule has 0 aliphatic carbocycles. The maximum atomic E-state index is 12.6. The van der Waals surface area contributed by atoms with Crippen LogP contribution in [0.1, 0.15) is 104 Å². The van der Waals surface area contributed by atoms with Crippen molar-refractivity contribution in [3.63, 3.8) is 0 Å². The highest BCUT2D eigenvalue weighted by Crippen LogP contribution is 2.46. The molecule has 1 fully saturated rings. The van der Waals surface area contributed by atoms with Gasteiger partial charge in [0.25, 0.3) is 0 Å². The molecule has 8 nitrogen and oxygen atoms in total. The van der Waals surface area contributed by atoms with Gasteiger partial charge in [-0.05, 0) is 54.0 Å². The van der Waals surface area contributed by atoms with Crippen LogP contribution in [0.3, 0.4) is 0 Å². The van der Waals surface area contributed by atoms with E-state index in [-0.39, 0.29) is 23.2 Å². The summed E-state index contributed by atoms with van der Waals surface area (Å²) in [7, 11) is -4.74. The summed E-state index contributed by atoms with van der Waals surface area (Å²) in [5.41, 5.74) is 1.18. The van der Waals surface area contributed by atoms with E-state index in [1.807, 2.05) is 0 Å². The molecule has 1 unspecified atom stereocenters. The van der Waals surface area contributed by atoms with Gasteiger partial charge in [-0.25, -0.2) is 4.79 Å². The molecule has 1 heterocycles. The first-order chi connectivity index (χ1) is 17.6. The number of carbonyl (C=O) groups is 1. The Balaban J connectivity index is 3.51. The van der Waals surface area contributed by atoms with E-state index in [1.165, 1.54) is 0 Å². The van der Waals surface area contributed by atoms with Crippen LogP contribution in [0, 0.1) is 0 Å². The normalized spacial score (nSPS) is 25.5. The number of nitrogens with one attached hydrogen (secondary N) is 1. The molecule has 39 heavy (non-hydrogen) atoms. The third kappa shape index (κ3) is 8.29. The van der Waals surface area contributed by atoms with Crippen LogP contribution in [0.2, 0.25) is 33.2 Å². The van der Waals surface area contributed by atoms with Crippen LogP contribution in [0.5, 0.6) is 0 Å². The zero-order chi connectivity index (χ0) is 30.7. The van der Waals surface area contributed by atoms with Gasteiger partial charge < -0.3 is 33.9 Å². The minimum Gasteiger partial charge on any atom is -0.444 e. The third-order valence-corrected chi connectivity index (χ3v) is 20.8. The Bertz CT molecular complexity index is 724. The molecule has 1 aliphatic rings. The van der Waals surface area contributed by atoms with Crippen molar-refractivity contribution in [2.75, 3.05) is 6.61 Å². The number of carbonyl (C=O) groups excluding carboxylic acids is 1. The molecule has 1 rings (SSSR count). The number of hydrogen-bond donors (Lipinski definition) is 3. The zero-order valence-corrected chi connectivity index (χ0v) is 29.5. The van der Waals surface area contributed by atoms with E-state index in [2.05, 4.69) is 88.4 Å². The Hall–Kier alpha value is -0.496. The fourth-order valence-corrected chi connectivity index (χ4v) is 18.2. The third-order valence-electron chi connectivity index (χ3n) is 8.63. The molecule has 0 saturated carbocycles. The summed E-state index contributed by atoms with van der Waals surface area (Å²) in [6.45, 7) is 32.0. The van der Waals surface area contributed by atoms with E-state index in [1.54, 1.807) is 20.8 Å². The van der Waals surface area contributed by atoms with Crippen molar-refractivity contribution < 1.29 is 33.3 Å². The van der Waals surface area contributed by atoms with Crippen molar-refractivity contribution in [2.45, 2.75) is 173 Å². The van der Waals surface area contributed by atoms with Crippen molar-refractivity contribution in [2.24, 2.45) is 0 Å². The van der Waals surface area contributed by atoms with Gasteiger partial charge in [-0.2, -0.15) is 0 Å². The van der Waals surface area contributed by atoms with Crippen molar-refractivity contribution in [3.05, 3.63) is 0 Å². The SMILES string of the molecule is CC(C)[Si](OC[C@@H]1OC(O)[C@H](NC(=O)OC(C)(C)C)[C@H](O)[C@H]1O[Si](C(C)C)(C(C)C)C(C)C)(C(C)C)C(C)C. The Morgan fingerprint density at radius 2 is 1.21 bits per heavy atom. The van der Waals surface area contributed by atoms with Crippen molar-refractivity contribution in [1.29, 1.82) is 0 Å². The molecule has 0 aromatic rings. The fraction of sp³-hybridized carbons (Fsp3) is 0.966. The molecule has 0 spiro atoms. The van der Waals surface area contributed by atoms with E-state index in [9.17, 15) is 15.0 Å². The van der Waals surface area contributed by atoms with Gasteiger partial charge in [0.2, 0.25) is 8.32 Å². The predicted molar refractivity (Wildman–Crippen MR) is 163 cm³/mol. The molecule has 1 saturated heterocycles. The van der Waals surface area contributed by atoms with E-state index in [4.69, 9.17) is 18.3 Å². The quantitative estimate of drug-likeness (QED) is 0.217. The lowest BCUT2D eigenvalue weighted by Crippen LogP contribution is -2.68. The Morgan fingerprint density at radius 3 is 1.56 bits per heavy atom. The average Bonchev–Trinajstić information content (AvgIpc) is 2.73. The second kappa shape index (κ2) is 14.1. The smallest absolute Gasteiger partial charge is 0.408 e. The van der Waals surface area contributed by atoms with Crippen molar-refractivity contribution in [3.8, 4) is 0 Å². The zero-order valence-electron chi connectivity index (χ0n) is 27.5. The topological polar surface area (TPSA) is 106 Å². The van der Waals surface area contributed by atoms with Gasteiger partial charge in [-0.3, -0.25) is 0 Å². The molecule has 10 heteroatoms. The van der Waals surface area contributed by atoms with Crippen LogP contribution in [0.4, 0.5) is 4.79 Å². The first-order valence-electron chi connectivity index (χ1n) is 15.0. The highest BCUT2D eigenvalue weighted by Gasteiger charge is 2.54. The minimum absolute atomic E-state index is 0.206. The summed E-state index contributed by atoms with van der Waals surface area (Å²) in [4.78, 5) is 12.6. The van der Waals surface area contributed by atoms with Gasteiger partial charge in [0, 0.05) is 0 Å². The largest absolute Gasteiger partial charge is 0.444 e. The van der Waals surface area contributed by atoms with Crippen LogP contribution < -0.4 is 5.32 Å². The number of alkyl carbamates (subject to hydrolysis) is 1. The van der Waals surface area contributed by atoms with Gasteiger partial charge in [0.15, 0.2) is 14.6 Å².